The largest absolute Gasteiger partial charge is 0.356 e. The molecule has 0 saturated heterocycles. The topological polar surface area (TPSA) is 51.4 Å². The van der Waals surface area contributed by atoms with Crippen LogP contribution in [0.3, 0.4) is 0 Å². The van der Waals surface area contributed by atoms with Gasteiger partial charge in [-0.05, 0) is 86.4 Å². The van der Waals surface area contributed by atoms with Crippen molar-refractivity contribution in [1.29, 1.82) is 0 Å². The molecule has 176 valence electrons. The van der Waals surface area contributed by atoms with Crippen molar-refractivity contribution in [3.63, 3.8) is 0 Å². The van der Waals surface area contributed by atoms with Crippen LogP contribution in [0.1, 0.15) is 49.1 Å². The Morgan fingerprint density at radius 1 is 1.03 bits per heavy atom. The smallest absolute Gasteiger partial charge is 0.253 e. The van der Waals surface area contributed by atoms with E-state index in [1.54, 1.807) is 0 Å². The van der Waals surface area contributed by atoms with Gasteiger partial charge in [0.05, 0.1) is 12.6 Å². The summed E-state index contributed by atoms with van der Waals surface area (Å²) in [6.07, 6.45) is 0. The van der Waals surface area contributed by atoms with Gasteiger partial charge < -0.3 is 20.1 Å². The lowest BCUT2D eigenvalue weighted by Gasteiger charge is -2.30. The van der Waals surface area contributed by atoms with Gasteiger partial charge in [0, 0.05) is 24.2 Å². The number of aryl methyl sites for hydroxylation is 2. The third kappa shape index (κ3) is 6.42. The standard InChI is InChI=1S/C27H36N4OS/c1-6-30(7-2)13-14-31(27(33)28-21(5)22-11-9-8-10-12-22)18-24-17-23-15-19(3)20(4)16-25(23)29-26(24)32/h8-12,15-17,21H,6-7,13-14,18H2,1-5H3,(H,28,33)(H,29,32). The molecule has 0 aliphatic rings. The van der Waals surface area contributed by atoms with Crippen LogP contribution in [0.15, 0.2) is 53.3 Å². The van der Waals surface area contributed by atoms with Crippen molar-refractivity contribution < 1.29 is 0 Å². The van der Waals surface area contributed by atoms with E-state index in [2.05, 4.69) is 72.9 Å². The molecule has 2 aromatic carbocycles. The number of benzene rings is 2. The summed E-state index contributed by atoms with van der Waals surface area (Å²) in [5.41, 5.74) is 5.11. The summed E-state index contributed by atoms with van der Waals surface area (Å²) in [6.45, 7) is 14.7. The van der Waals surface area contributed by atoms with Crippen LogP contribution < -0.4 is 10.9 Å². The number of nitrogens with zero attached hydrogens (tertiary/aromatic N) is 2. The Balaban J connectivity index is 1.85. The Morgan fingerprint density at radius 2 is 1.70 bits per heavy atom. The van der Waals surface area contributed by atoms with E-state index >= 15 is 0 Å². The molecule has 3 rings (SSSR count). The van der Waals surface area contributed by atoms with Crippen LogP contribution in [0.5, 0.6) is 0 Å². The van der Waals surface area contributed by atoms with Gasteiger partial charge in [0.25, 0.3) is 5.56 Å². The number of hydrogen-bond acceptors (Lipinski definition) is 3. The highest BCUT2D eigenvalue weighted by Crippen LogP contribution is 2.18. The molecule has 0 saturated carbocycles. The molecule has 0 fully saturated rings. The number of fused-ring (bicyclic) bond motifs is 1. The molecule has 0 aliphatic carbocycles. The quantitative estimate of drug-likeness (QED) is 0.440. The molecule has 0 spiro atoms. The molecular weight excluding hydrogens is 428 g/mol. The zero-order valence-corrected chi connectivity index (χ0v) is 21.3. The minimum absolute atomic E-state index is 0.0579. The normalized spacial score (nSPS) is 12.2. The van der Waals surface area contributed by atoms with E-state index in [-0.39, 0.29) is 11.6 Å². The first-order valence-electron chi connectivity index (χ1n) is 11.8. The predicted octanol–water partition coefficient (Wildman–Crippen LogP) is 4.92. The third-order valence-corrected chi connectivity index (χ3v) is 6.78. The van der Waals surface area contributed by atoms with E-state index in [1.165, 1.54) is 16.7 Å². The second-order valence-corrected chi connectivity index (χ2v) is 9.06. The number of aromatic nitrogens is 1. The molecule has 6 heteroatoms. The minimum Gasteiger partial charge on any atom is -0.356 e. The van der Waals surface area contributed by atoms with Gasteiger partial charge in [0.15, 0.2) is 5.11 Å². The minimum atomic E-state index is -0.0579. The number of H-pyrrole nitrogens is 1. The zero-order chi connectivity index (χ0) is 24.0. The molecule has 5 nitrogen and oxygen atoms in total. The molecule has 1 heterocycles. The maximum atomic E-state index is 12.9. The molecule has 3 aromatic rings. The number of hydrogen-bond donors (Lipinski definition) is 2. The van der Waals surface area contributed by atoms with Crippen LogP contribution in [0.25, 0.3) is 10.9 Å². The Kier molecular flexibility index (Phi) is 8.64. The lowest BCUT2D eigenvalue weighted by Crippen LogP contribution is -2.44. The fourth-order valence-electron chi connectivity index (χ4n) is 4.00. The number of rotatable bonds is 9. The summed E-state index contributed by atoms with van der Waals surface area (Å²) < 4.78 is 0. The maximum Gasteiger partial charge on any atom is 0.253 e. The molecular formula is C27H36N4OS. The van der Waals surface area contributed by atoms with E-state index in [1.807, 2.05) is 30.3 Å². The van der Waals surface area contributed by atoms with Crippen molar-refractivity contribution in [3.05, 3.63) is 81.1 Å². The van der Waals surface area contributed by atoms with Gasteiger partial charge in [-0.15, -0.1) is 0 Å². The van der Waals surface area contributed by atoms with E-state index in [0.29, 0.717) is 11.7 Å². The molecule has 1 atom stereocenters. The summed E-state index contributed by atoms with van der Waals surface area (Å²) in [6, 6.07) is 16.5. The summed E-state index contributed by atoms with van der Waals surface area (Å²) in [4.78, 5) is 20.5. The van der Waals surface area contributed by atoms with Crippen molar-refractivity contribution in [2.24, 2.45) is 0 Å². The van der Waals surface area contributed by atoms with Crippen molar-refractivity contribution in [3.8, 4) is 0 Å². The van der Waals surface area contributed by atoms with Crippen LogP contribution in [-0.2, 0) is 6.54 Å². The van der Waals surface area contributed by atoms with E-state index < -0.39 is 0 Å². The van der Waals surface area contributed by atoms with Crippen LogP contribution >= 0.6 is 12.2 Å². The van der Waals surface area contributed by atoms with Crippen molar-refractivity contribution >= 4 is 28.2 Å². The Bertz CT molecular complexity index is 1140. The predicted molar refractivity (Wildman–Crippen MR) is 143 cm³/mol. The summed E-state index contributed by atoms with van der Waals surface area (Å²) in [5.74, 6) is 0. The number of thiocarbonyl (C=S) groups is 1. The van der Waals surface area contributed by atoms with Crippen LogP contribution in [0.4, 0.5) is 0 Å². The first-order valence-corrected chi connectivity index (χ1v) is 12.2. The van der Waals surface area contributed by atoms with E-state index in [9.17, 15) is 4.79 Å². The maximum absolute atomic E-state index is 12.9. The molecule has 0 amide bonds. The van der Waals surface area contributed by atoms with E-state index in [4.69, 9.17) is 12.2 Å². The third-order valence-electron chi connectivity index (χ3n) is 6.40. The Labute approximate surface area is 202 Å². The fraction of sp³-hybridized carbons (Fsp3) is 0.407. The number of nitrogens with one attached hydrogen (secondary N) is 2. The average Bonchev–Trinajstić information content (AvgIpc) is 2.81. The summed E-state index contributed by atoms with van der Waals surface area (Å²) in [5, 5.41) is 5.19. The molecule has 33 heavy (non-hydrogen) atoms. The summed E-state index contributed by atoms with van der Waals surface area (Å²) >= 11 is 5.84. The first-order chi connectivity index (χ1) is 15.8. The van der Waals surface area contributed by atoms with Gasteiger partial charge in [-0.25, -0.2) is 0 Å². The van der Waals surface area contributed by atoms with Crippen LogP contribution in [-0.4, -0.2) is 46.1 Å². The van der Waals surface area contributed by atoms with Crippen LogP contribution in [0, 0.1) is 13.8 Å². The first kappa shape index (κ1) is 24.9. The Hall–Kier alpha value is -2.70. The number of aromatic amines is 1. The van der Waals surface area contributed by atoms with E-state index in [0.717, 1.165) is 42.6 Å². The van der Waals surface area contributed by atoms with Crippen LogP contribution in [0.2, 0.25) is 0 Å². The van der Waals surface area contributed by atoms with Gasteiger partial charge in [0.2, 0.25) is 0 Å². The molecule has 1 unspecified atom stereocenters. The molecule has 2 N–H and O–H groups in total. The van der Waals surface area contributed by atoms with Gasteiger partial charge >= 0.3 is 0 Å². The summed E-state index contributed by atoms with van der Waals surface area (Å²) in [7, 11) is 0. The highest BCUT2D eigenvalue weighted by Gasteiger charge is 2.17. The number of pyridine rings is 1. The SMILES string of the molecule is CCN(CC)CCN(Cc1cc2cc(C)c(C)cc2[nH]c1=O)C(=S)NC(C)c1ccccc1. The second-order valence-electron chi connectivity index (χ2n) is 8.68. The zero-order valence-electron chi connectivity index (χ0n) is 20.4. The monoisotopic (exact) mass is 464 g/mol. The van der Waals surface area contributed by atoms with Gasteiger partial charge in [-0.1, -0.05) is 44.2 Å². The molecule has 0 radical (unpaired) electrons. The molecule has 1 aromatic heterocycles. The molecule has 0 bridgehead atoms. The highest BCUT2D eigenvalue weighted by atomic mass is 32.1. The highest BCUT2D eigenvalue weighted by molar-refractivity contribution is 7.80. The lowest BCUT2D eigenvalue weighted by molar-refractivity contribution is 0.262. The lowest BCUT2D eigenvalue weighted by atomic mass is 10.0. The Morgan fingerprint density at radius 3 is 2.36 bits per heavy atom. The van der Waals surface area contributed by atoms with Gasteiger partial charge in [-0.2, -0.15) is 0 Å². The van der Waals surface area contributed by atoms with Crippen molar-refractivity contribution in [2.75, 3.05) is 26.2 Å². The average molecular weight is 465 g/mol. The molecule has 0 aliphatic heterocycles. The second kappa shape index (κ2) is 11.4. The van der Waals surface area contributed by atoms with Gasteiger partial charge in [0.1, 0.15) is 0 Å². The number of likely N-dealkylation sites (N-methyl/N-ethyl adjacent to an activating group) is 1. The van der Waals surface area contributed by atoms with Crippen molar-refractivity contribution in [1.82, 2.24) is 20.1 Å². The van der Waals surface area contributed by atoms with Crippen molar-refractivity contribution in [2.45, 2.75) is 47.2 Å². The fourth-order valence-corrected chi connectivity index (χ4v) is 4.33. The van der Waals surface area contributed by atoms with Gasteiger partial charge in [-0.3, -0.25) is 4.79 Å².